The number of piperidine rings is 1. The van der Waals surface area contributed by atoms with Gasteiger partial charge in [-0.25, -0.2) is 4.79 Å². The molecule has 198 valence electrons. The molecule has 0 aromatic heterocycles. The zero-order chi connectivity index (χ0) is 26.3. The number of nitrogens with zero attached hydrogens (tertiary/aromatic N) is 2. The second-order valence-corrected chi connectivity index (χ2v) is 9.41. The molecule has 2 fully saturated rings. The number of anilines is 2. The first kappa shape index (κ1) is 27.6. The number of methoxy groups -OCH3 is 1. The fourth-order valence-electron chi connectivity index (χ4n) is 4.51. The second kappa shape index (κ2) is 11.8. The summed E-state index contributed by atoms with van der Waals surface area (Å²) in [5, 5.41) is 10.8. The summed E-state index contributed by atoms with van der Waals surface area (Å²) in [5.41, 5.74) is 3.78. The van der Waals surface area contributed by atoms with Gasteiger partial charge < -0.3 is 24.8 Å². The number of likely N-dealkylation sites (tertiary alicyclic amines) is 1. The van der Waals surface area contributed by atoms with Gasteiger partial charge in [-0.1, -0.05) is 18.2 Å². The quantitative estimate of drug-likeness (QED) is 0.588. The summed E-state index contributed by atoms with van der Waals surface area (Å²) in [6.45, 7) is 4.00. The lowest BCUT2D eigenvalue weighted by molar-refractivity contribution is -0.192. The van der Waals surface area contributed by atoms with Crippen LogP contribution in [0.3, 0.4) is 0 Å². The van der Waals surface area contributed by atoms with E-state index in [2.05, 4.69) is 65.6 Å². The van der Waals surface area contributed by atoms with Gasteiger partial charge >= 0.3 is 12.1 Å². The van der Waals surface area contributed by atoms with Crippen LogP contribution in [0.4, 0.5) is 24.5 Å². The van der Waals surface area contributed by atoms with E-state index in [1.807, 2.05) is 12.1 Å². The van der Waals surface area contributed by atoms with Crippen molar-refractivity contribution in [3.05, 3.63) is 54.1 Å². The van der Waals surface area contributed by atoms with Gasteiger partial charge in [-0.3, -0.25) is 4.90 Å². The van der Waals surface area contributed by atoms with Crippen molar-refractivity contribution in [3.8, 4) is 5.75 Å². The number of benzene rings is 2. The van der Waals surface area contributed by atoms with E-state index in [1.165, 1.54) is 11.3 Å². The van der Waals surface area contributed by atoms with E-state index in [0.29, 0.717) is 6.04 Å². The first-order valence-electron chi connectivity index (χ1n) is 11.8. The molecule has 0 radical (unpaired) electrons. The van der Waals surface area contributed by atoms with Crippen LogP contribution in [0.2, 0.25) is 0 Å². The molecular formula is C26H34F3N3O4. The number of hydrogen-bond donors (Lipinski definition) is 2. The van der Waals surface area contributed by atoms with Crippen molar-refractivity contribution >= 4 is 17.3 Å². The predicted octanol–water partition coefficient (Wildman–Crippen LogP) is 4.63. The van der Waals surface area contributed by atoms with Crippen LogP contribution < -0.4 is 15.0 Å². The Bertz CT molecular complexity index is 991. The number of carboxylic acid groups (broad SMARTS) is 1. The summed E-state index contributed by atoms with van der Waals surface area (Å²) < 4.78 is 43.4. The highest BCUT2D eigenvalue weighted by Gasteiger charge is 2.42. The Kier molecular flexibility index (Phi) is 9.08. The molecule has 2 aromatic carbocycles. The Morgan fingerprint density at radius 1 is 1.19 bits per heavy atom. The molecule has 0 amide bonds. The van der Waals surface area contributed by atoms with Gasteiger partial charge in [0.1, 0.15) is 5.75 Å². The maximum absolute atomic E-state index is 10.6. The molecular weight excluding hydrogens is 475 g/mol. The average Bonchev–Trinajstić information content (AvgIpc) is 3.23. The van der Waals surface area contributed by atoms with Gasteiger partial charge in [-0.05, 0) is 49.1 Å². The number of hydrogen-bond acceptors (Lipinski definition) is 6. The molecule has 2 aliphatic rings. The molecule has 0 saturated carbocycles. The van der Waals surface area contributed by atoms with Gasteiger partial charge in [0.25, 0.3) is 0 Å². The van der Waals surface area contributed by atoms with E-state index >= 15 is 0 Å². The van der Waals surface area contributed by atoms with Gasteiger partial charge in [0.15, 0.2) is 0 Å². The Hall–Kier alpha value is -2.98. The lowest BCUT2D eigenvalue weighted by Crippen LogP contribution is -2.44. The van der Waals surface area contributed by atoms with Crippen LogP contribution in [0.5, 0.6) is 5.75 Å². The number of ether oxygens (including phenoxy) is 2. The summed E-state index contributed by atoms with van der Waals surface area (Å²) in [5.74, 6) is -1.87. The zero-order valence-corrected chi connectivity index (χ0v) is 20.8. The van der Waals surface area contributed by atoms with Gasteiger partial charge in [-0.2, -0.15) is 13.2 Å². The summed E-state index contributed by atoms with van der Waals surface area (Å²) >= 11 is 0. The molecule has 4 rings (SSSR count). The number of aliphatic carboxylic acids is 1. The lowest BCUT2D eigenvalue weighted by Gasteiger charge is -2.38. The van der Waals surface area contributed by atoms with Crippen molar-refractivity contribution in [1.29, 1.82) is 0 Å². The summed E-state index contributed by atoms with van der Waals surface area (Å²) in [6, 6.07) is 17.4. The Morgan fingerprint density at radius 2 is 1.83 bits per heavy atom. The van der Waals surface area contributed by atoms with Crippen LogP contribution in [-0.4, -0.2) is 74.7 Å². The highest BCUT2D eigenvalue weighted by Crippen LogP contribution is 2.37. The normalized spacial score (nSPS) is 19.3. The number of rotatable bonds is 6. The van der Waals surface area contributed by atoms with E-state index in [9.17, 15) is 13.2 Å². The molecule has 2 saturated heterocycles. The van der Waals surface area contributed by atoms with Crippen molar-refractivity contribution in [1.82, 2.24) is 4.90 Å². The summed E-state index contributed by atoms with van der Waals surface area (Å²) in [6.07, 6.45) is -1.78. The fraction of sp³-hybridized carbons (Fsp3) is 0.500. The van der Waals surface area contributed by atoms with Crippen molar-refractivity contribution in [3.63, 3.8) is 0 Å². The zero-order valence-electron chi connectivity index (χ0n) is 20.8. The van der Waals surface area contributed by atoms with E-state index in [0.717, 1.165) is 56.9 Å². The SMILES string of the molecule is COc1cccc(NC2COC3(CCN(Cc4ccc(N(C)C)cc4)CC3)C2)c1.O=C(O)C(F)(F)F. The van der Waals surface area contributed by atoms with E-state index in [4.69, 9.17) is 19.4 Å². The maximum atomic E-state index is 10.6. The first-order valence-corrected chi connectivity index (χ1v) is 11.8. The third-order valence-electron chi connectivity index (χ3n) is 6.52. The van der Waals surface area contributed by atoms with Crippen molar-refractivity contribution in [2.75, 3.05) is 51.1 Å². The van der Waals surface area contributed by atoms with Gasteiger partial charge in [0, 0.05) is 51.2 Å². The molecule has 1 unspecified atom stereocenters. The number of carbonyl (C=O) groups is 1. The Balaban J connectivity index is 0.000000454. The number of nitrogens with one attached hydrogen (secondary N) is 1. The highest BCUT2D eigenvalue weighted by molar-refractivity contribution is 5.73. The van der Waals surface area contributed by atoms with E-state index in [1.54, 1.807) is 7.11 Å². The molecule has 1 atom stereocenters. The Morgan fingerprint density at radius 3 is 2.39 bits per heavy atom. The number of halogens is 3. The molecule has 10 heteroatoms. The van der Waals surface area contributed by atoms with Crippen LogP contribution in [0.25, 0.3) is 0 Å². The Labute approximate surface area is 209 Å². The molecule has 2 heterocycles. The van der Waals surface area contributed by atoms with E-state index in [-0.39, 0.29) is 5.60 Å². The topological polar surface area (TPSA) is 74.3 Å². The predicted molar refractivity (Wildman–Crippen MR) is 133 cm³/mol. The summed E-state index contributed by atoms with van der Waals surface area (Å²) in [7, 11) is 5.87. The summed E-state index contributed by atoms with van der Waals surface area (Å²) in [4.78, 5) is 13.6. The molecule has 2 aliphatic heterocycles. The maximum Gasteiger partial charge on any atom is 0.490 e. The van der Waals surface area contributed by atoms with Crippen molar-refractivity contribution in [2.24, 2.45) is 0 Å². The van der Waals surface area contributed by atoms with Gasteiger partial charge in [0.2, 0.25) is 0 Å². The van der Waals surface area contributed by atoms with Gasteiger partial charge in [0.05, 0.1) is 25.4 Å². The standard InChI is InChI=1S/C24H33N3O2.C2HF3O2/c1-26(2)22-9-7-19(8-10-22)17-27-13-11-24(12-14-27)16-21(18-29-24)25-20-5-4-6-23(15-20)28-3;3-2(4,5)1(6)7/h4-10,15,21,25H,11-14,16-18H2,1-3H3;(H,6,7). The molecule has 2 aromatic rings. The fourth-order valence-corrected chi connectivity index (χ4v) is 4.51. The van der Waals surface area contributed by atoms with Gasteiger partial charge in [-0.15, -0.1) is 0 Å². The van der Waals surface area contributed by atoms with Crippen LogP contribution in [0.15, 0.2) is 48.5 Å². The van der Waals surface area contributed by atoms with Crippen LogP contribution >= 0.6 is 0 Å². The first-order chi connectivity index (χ1) is 17.0. The second-order valence-electron chi connectivity index (χ2n) is 9.41. The van der Waals surface area contributed by atoms with Crippen LogP contribution in [0.1, 0.15) is 24.8 Å². The molecule has 2 N–H and O–H groups in total. The highest BCUT2D eigenvalue weighted by atomic mass is 19.4. The van der Waals surface area contributed by atoms with Crippen LogP contribution in [0, 0.1) is 0 Å². The minimum absolute atomic E-state index is 0.0435. The smallest absolute Gasteiger partial charge is 0.490 e. The largest absolute Gasteiger partial charge is 0.497 e. The third kappa shape index (κ3) is 7.76. The van der Waals surface area contributed by atoms with Crippen molar-refractivity contribution < 1.29 is 32.5 Å². The molecule has 0 aliphatic carbocycles. The number of alkyl halides is 3. The molecule has 0 bridgehead atoms. The lowest BCUT2D eigenvalue weighted by atomic mass is 9.87. The number of carboxylic acids is 1. The van der Waals surface area contributed by atoms with Crippen LogP contribution in [-0.2, 0) is 16.1 Å². The average molecular weight is 510 g/mol. The minimum atomic E-state index is -5.08. The molecule has 36 heavy (non-hydrogen) atoms. The molecule has 1 spiro atoms. The van der Waals surface area contributed by atoms with E-state index < -0.39 is 12.1 Å². The third-order valence-corrected chi connectivity index (χ3v) is 6.52. The minimum Gasteiger partial charge on any atom is -0.497 e. The molecule has 7 nitrogen and oxygen atoms in total. The monoisotopic (exact) mass is 509 g/mol. The van der Waals surface area contributed by atoms with Crippen molar-refractivity contribution in [2.45, 2.75) is 43.6 Å².